The van der Waals surface area contributed by atoms with Crippen LogP contribution in [-0.2, 0) is 13.0 Å². The molecule has 0 fully saturated rings. The number of aryl methyl sites for hydroxylation is 1. The van der Waals surface area contributed by atoms with Crippen molar-refractivity contribution < 1.29 is 9.59 Å². The van der Waals surface area contributed by atoms with Gasteiger partial charge in [0, 0.05) is 28.4 Å². The number of rotatable bonds is 4. The summed E-state index contributed by atoms with van der Waals surface area (Å²) >= 11 is 1.61. The molecular weight excluding hydrogens is 370 g/mol. The zero-order valence-corrected chi connectivity index (χ0v) is 16.2. The van der Waals surface area contributed by atoms with Crippen molar-refractivity contribution in [2.75, 3.05) is 16.8 Å². The van der Waals surface area contributed by atoms with E-state index in [0.717, 1.165) is 34.7 Å². The number of benzene rings is 2. The molecule has 2 aromatic carbocycles. The summed E-state index contributed by atoms with van der Waals surface area (Å²) in [5.41, 5.74) is 3.41. The van der Waals surface area contributed by atoms with Gasteiger partial charge in [0.1, 0.15) is 0 Å². The summed E-state index contributed by atoms with van der Waals surface area (Å²) in [4.78, 5) is 28.0. The summed E-state index contributed by atoms with van der Waals surface area (Å²) in [7, 11) is 0. The van der Waals surface area contributed by atoms with Crippen LogP contribution < -0.4 is 15.5 Å². The van der Waals surface area contributed by atoms with E-state index in [1.807, 2.05) is 70.9 Å². The van der Waals surface area contributed by atoms with Crippen LogP contribution in [0, 0.1) is 0 Å². The Hall–Kier alpha value is -3.12. The van der Waals surface area contributed by atoms with Crippen molar-refractivity contribution in [2.24, 2.45) is 0 Å². The normalized spacial score (nSPS) is 12.9. The van der Waals surface area contributed by atoms with Gasteiger partial charge in [-0.05, 0) is 60.2 Å². The van der Waals surface area contributed by atoms with Gasteiger partial charge in [-0.2, -0.15) is 0 Å². The Morgan fingerprint density at radius 2 is 1.89 bits per heavy atom. The fourth-order valence-corrected chi connectivity index (χ4v) is 4.02. The van der Waals surface area contributed by atoms with E-state index in [9.17, 15) is 9.59 Å². The van der Waals surface area contributed by atoms with Crippen molar-refractivity contribution in [3.63, 3.8) is 0 Å². The maximum absolute atomic E-state index is 12.9. The Balaban J connectivity index is 1.45. The second kappa shape index (κ2) is 8.27. The van der Waals surface area contributed by atoms with Crippen LogP contribution in [0.1, 0.15) is 27.2 Å². The quantitative estimate of drug-likeness (QED) is 0.679. The van der Waals surface area contributed by atoms with Crippen molar-refractivity contribution in [1.29, 1.82) is 0 Å². The SMILES string of the molecule is O=C(NCc1cccs1)Nc1ccc2c(c1)CCCN2C(=O)c1ccccc1. The number of fused-ring (bicyclic) bond motifs is 1. The molecule has 6 heteroatoms. The number of hydrogen-bond acceptors (Lipinski definition) is 3. The number of amides is 3. The fraction of sp³-hybridized carbons (Fsp3) is 0.182. The molecule has 1 aromatic heterocycles. The van der Waals surface area contributed by atoms with Gasteiger partial charge in [0.05, 0.1) is 6.54 Å². The molecular formula is C22H21N3O2S. The number of anilines is 2. The number of carbonyl (C=O) groups excluding carboxylic acids is 2. The van der Waals surface area contributed by atoms with Crippen LogP contribution in [-0.4, -0.2) is 18.5 Å². The molecule has 0 aliphatic carbocycles. The molecule has 0 bridgehead atoms. The lowest BCUT2D eigenvalue weighted by Crippen LogP contribution is -2.35. The van der Waals surface area contributed by atoms with Crippen LogP contribution in [0.5, 0.6) is 0 Å². The van der Waals surface area contributed by atoms with Crippen LogP contribution in [0.15, 0.2) is 66.0 Å². The minimum atomic E-state index is -0.235. The molecule has 1 aliphatic rings. The topological polar surface area (TPSA) is 61.4 Å². The third-order valence-electron chi connectivity index (χ3n) is 4.73. The molecule has 0 spiro atoms. The lowest BCUT2D eigenvalue weighted by molar-refractivity contribution is 0.0985. The Kier molecular flexibility index (Phi) is 5.39. The second-order valence-electron chi connectivity index (χ2n) is 6.66. The molecule has 28 heavy (non-hydrogen) atoms. The maximum atomic E-state index is 12.9. The largest absolute Gasteiger partial charge is 0.333 e. The average Bonchev–Trinajstić information content (AvgIpc) is 3.25. The van der Waals surface area contributed by atoms with Crippen molar-refractivity contribution >= 4 is 34.6 Å². The zero-order valence-electron chi connectivity index (χ0n) is 15.4. The first-order chi connectivity index (χ1) is 13.7. The van der Waals surface area contributed by atoms with E-state index in [1.54, 1.807) is 11.3 Å². The Morgan fingerprint density at radius 1 is 1.04 bits per heavy atom. The minimum Gasteiger partial charge on any atom is -0.333 e. The highest BCUT2D eigenvalue weighted by atomic mass is 32.1. The number of nitrogens with zero attached hydrogens (tertiary/aromatic N) is 1. The van der Waals surface area contributed by atoms with Gasteiger partial charge in [-0.1, -0.05) is 24.3 Å². The molecule has 3 aromatic rings. The first-order valence-corrected chi connectivity index (χ1v) is 10.2. The number of carbonyl (C=O) groups is 2. The van der Waals surface area contributed by atoms with Gasteiger partial charge in [0.25, 0.3) is 5.91 Å². The van der Waals surface area contributed by atoms with Gasteiger partial charge in [0.2, 0.25) is 0 Å². The third kappa shape index (κ3) is 4.07. The van der Waals surface area contributed by atoms with Crippen LogP contribution in [0.3, 0.4) is 0 Å². The Labute approximate surface area is 168 Å². The number of thiophene rings is 1. The molecule has 0 atom stereocenters. The predicted octanol–water partition coefficient (Wildman–Crippen LogP) is 4.66. The van der Waals surface area contributed by atoms with Crippen LogP contribution in [0.25, 0.3) is 0 Å². The molecule has 0 unspecified atom stereocenters. The first kappa shape index (κ1) is 18.3. The summed E-state index contributed by atoms with van der Waals surface area (Å²) in [6.45, 7) is 1.21. The van der Waals surface area contributed by atoms with Gasteiger partial charge >= 0.3 is 6.03 Å². The monoisotopic (exact) mass is 391 g/mol. The molecule has 2 heterocycles. The standard InChI is InChI=1S/C22H21N3O2S/c26-21(16-6-2-1-3-7-16)25-12-4-8-17-14-18(10-11-20(17)25)24-22(27)23-15-19-9-5-13-28-19/h1-3,5-7,9-11,13-14H,4,8,12,15H2,(H2,23,24,27). The molecule has 142 valence electrons. The van der Waals surface area contributed by atoms with Crippen molar-refractivity contribution in [3.8, 4) is 0 Å². The van der Waals surface area contributed by atoms with Crippen molar-refractivity contribution in [1.82, 2.24) is 5.32 Å². The highest BCUT2D eigenvalue weighted by Gasteiger charge is 2.23. The van der Waals surface area contributed by atoms with E-state index < -0.39 is 0 Å². The average molecular weight is 391 g/mol. The van der Waals surface area contributed by atoms with Crippen LogP contribution in [0.4, 0.5) is 16.2 Å². The van der Waals surface area contributed by atoms with E-state index >= 15 is 0 Å². The maximum Gasteiger partial charge on any atom is 0.319 e. The van der Waals surface area contributed by atoms with Crippen molar-refractivity contribution in [2.45, 2.75) is 19.4 Å². The molecule has 1 aliphatic heterocycles. The predicted molar refractivity (Wildman–Crippen MR) is 113 cm³/mol. The fourth-order valence-electron chi connectivity index (χ4n) is 3.38. The summed E-state index contributed by atoms with van der Waals surface area (Å²) in [5, 5.41) is 7.73. The van der Waals surface area contributed by atoms with Gasteiger partial charge in [-0.3, -0.25) is 4.79 Å². The van der Waals surface area contributed by atoms with Gasteiger partial charge in [0.15, 0.2) is 0 Å². The number of hydrogen-bond donors (Lipinski definition) is 2. The van der Waals surface area contributed by atoms with Gasteiger partial charge in [-0.25, -0.2) is 4.79 Å². The van der Waals surface area contributed by atoms with Crippen LogP contribution in [0.2, 0.25) is 0 Å². The molecule has 3 amide bonds. The van der Waals surface area contributed by atoms with E-state index in [1.165, 1.54) is 0 Å². The van der Waals surface area contributed by atoms with Gasteiger partial charge in [-0.15, -0.1) is 11.3 Å². The van der Waals surface area contributed by atoms with E-state index in [0.29, 0.717) is 18.7 Å². The summed E-state index contributed by atoms with van der Waals surface area (Å²) in [6.07, 6.45) is 1.79. The third-order valence-corrected chi connectivity index (χ3v) is 5.60. The highest BCUT2D eigenvalue weighted by Crippen LogP contribution is 2.30. The number of urea groups is 1. The minimum absolute atomic E-state index is 0.0101. The molecule has 5 nitrogen and oxygen atoms in total. The van der Waals surface area contributed by atoms with Gasteiger partial charge < -0.3 is 15.5 Å². The smallest absolute Gasteiger partial charge is 0.319 e. The number of nitrogens with one attached hydrogen (secondary N) is 2. The molecule has 4 rings (SSSR count). The second-order valence-corrected chi connectivity index (χ2v) is 7.69. The first-order valence-electron chi connectivity index (χ1n) is 9.28. The van der Waals surface area contributed by atoms with Crippen molar-refractivity contribution in [3.05, 3.63) is 82.0 Å². The molecule has 2 N–H and O–H groups in total. The van der Waals surface area contributed by atoms with E-state index in [-0.39, 0.29) is 11.9 Å². The zero-order chi connectivity index (χ0) is 19.3. The molecule has 0 radical (unpaired) electrons. The van der Waals surface area contributed by atoms with E-state index in [4.69, 9.17) is 0 Å². The molecule has 0 saturated carbocycles. The molecule has 0 saturated heterocycles. The van der Waals surface area contributed by atoms with E-state index in [2.05, 4.69) is 10.6 Å². The summed E-state index contributed by atoms with van der Waals surface area (Å²) in [5.74, 6) is 0.0101. The Morgan fingerprint density at radius 3 is 2.68 bits per heavy atom. The lowest BCUT2D eigenvalue weighted by atomic mass is 10.00. The highest BCUT2D eigenvalue weighted by molar-refractivity contribution is 7.09. The Bertz CT molecular complexity index is 971. The summed E-state index contributed by atoms with van der Waals surface area (Å²) in [6, 6.07) is 18.8. The summed E-state index contributed by atoms with van der Waals surface area (Å²) < 4.78 is 0. The lowest BCUT2D eigenvalue weighted by Gasteiger charge is -2.30. The van der Waals surface area contributed by atoms with Crippen LogP contribution >= 0.6 is 11.3 Å².